The topological polar surface area (TPSA) is 42.0 Å². The van der Waals surface area contributed by atoms with Crippen LogP contribution in [0.3, 0.4) is 0 Å². The Morgan fingerprint density at radius 3 is 2.71 bits per heavy atom. The molecule has 1 N–H and O–H groups in total. The van der Waals surface area contributed by atoms with Gasteiger partial charge in [-0.3, -0.25) is 4.79 Å². The highest BCUT2D eigenvalue weighted by atomic mass is 32.2. The highest BCUT2D eigenvalue weighted by Gasteiger charge is 2.13. The molecule has 0 unspecified atom stereocenters. The van der Waals surface area contributed by atoms with Gasteiger partial charge in [-0.05, 0) is 43.7 Å². The zero-order chi connectivity index (χ0) is 15.1. The number of benzene rings is 1. The fourth-order valence-electron chi connectivity index (χ4n) is 2.13. The summed E-state index contributed by atoms with van der Waals surface area (Å²) in [6.45, 7) is 2.04. The fraction of sp³-hybridized carbons (Fsp3) is 0.294. The highest BCUT2D eigenvalue weighted by molar-refractivity contribution is 7.98. The van der Waals surface area contributed by atoms with Crippen LogP contribution in [0.25, 0.3) is 0 Å². The van der Waals surface area contributed by atoms with E-state index in [1.165, 1.54) is 17.3 Å². The number of hydrogen-bond acceptors (Lipinski definition) is 3. The number of hydrogen-bond donors (Lipinski definition) is 1. The molecule has 0 aliphatic rings. The molecule has 4 heteroatoms. The monoisotopic (exact) mass is 300 g/mol. The molecule has 21 heavy (non-hydrogen) atoms. The van der Waals surface area contributed by atoms with Crippen LogP contribution in [0.1, 0.15) is 29.3 Å². The molecule has 3 nitrogen and oxygen atoms in total. The molecule has 1 heterocycles. The molecule has 0 saturated carbocycles. The van der Waals surface area contributed by atoms with Crippen molar-refractivity contribution in [3.8, 4) is 0 Å². The summed E-state index contributed by atoms with van der Waals surface area (Å²) in [5, 5.41) is 3.82. The van der Waals surface area contributed by atoms with Crippen molar-refractivity contribution in [2.24, 2.45) is 0 Å². The third-order valence-corrected chi connectivity index (χ3v) is 4.01. The summed E-state index contributed by atoms with van der Waals surface area (Å²) < 4.78 is 0. The summed E-state index contributed by atoms with van der Waals surface area (Å²) in [7, 11) is 0. The van der Waals surface area contributed by atoms with Gasteiger partial charge in [-0.25, -0.2) is 4.98 Å². The molecule has 0 saturated heterocycles. The van der Waals surface area contributed by atoms with Gasteiger partial charge in [0.25, 0.3) is 5.91 Å². The molecule has 1 aromatic carbocycles. The number of aromatic nitrogens is 1. The van der Waals surface area contributed by atoms with E-state index in [0.717, 1.165) is 17.9 Å². The number of amides is 1. The van der Waals surface area contributed by atoms with Crippen LogP contribution in [0.2, 0.25) is 0 Å². The first kappa shape index (κ1) is 15.6. The van der Waals surface area contributed by atoms with Crippen molar-refractivity contribution in [3.63, 3.8) is 0 Å². The Balaban J connectivity index is 1.90. The molecule has 0 aliphatic carbocycles. The lowest BCUT2D eigenvalue weighted by atomic mass is 10.1. The van der Waals surface area contributed by atoms with Crippen LogP contribution in [0.5, 0.6) is 0 Å². The highest BCUT2D eigenvalue weighted by Crippen LogP contribution is 2.17. The van der Waals surface area contributed by atoms with Gasteiger partial charge in [0.05, 0.1) is 5.56 Å². The van der Waals surface area contributed by atoms with Crippen molar-refractivity contribution in [1.82, 2.24) is 10.3 Å². The minimum absolute atomic E-state index is 0.0481. The van der Waals surface area contributed by atoms with Crippen LogP contribution < -0.4 is 5.32 Å². The van der Waals surface area contributed by atoms with Crippen molar-refractivity contribution in [3.05, 3.63) is 59.8 Å². The van der Waals surface area contributed by atoms with Gasteiger partial charge in [0.15, 0.2) is 0 Å². The smallest absolute Gasteiger partial charge is 0.254 e. The van der Waals surface area contributed by atoms with E-state index in [1.54, 1.807) is 12.3 Å². The maximum Gasteiger partial charge on any atom is 0.254 e. The first-order valence-corrected chi connectivity index (χ1v) is 8.27. The minimum atomic E-state index is -0.0481. The van der Waals surface area contributed by atoms with E-state index in [0.29, 0.717) is 5.56 Å². The number of nitrogens with zero attached hydrogens (tertiary/aromatic N) is 1. The molecule has 110 valence electrons. The molecular weight excluding hydrogens is 280 g/mol. The summed E-state index contributed by atoms with van der Waals surface area (Å²) in [5.41, 5.74) is 1.95. The summed E-state index contributed by atoms with van der Waals surface area (Å²) in [5.74, 6) is -0.0481. The number of rotatable bonds is 6. The van der Waals surface area contributed by atoms with E-state index >= 15 is 0 Å². The largest absolute Gasteiger partial charge is 0.349 e. The first-order valence-electron chi connectivity index (χ1n) is 7.04. The molecule has 1 amide bonds. The van der Waals surface area contributed by atoms with E-state index in [2.05, 4.69) is 22.4 Å². The Morgan fingerprint density at radius 2 is 2.00 bits per heavy atom. The van der Waals surface area contributed by atoms with Crippen molar-refractivity contribution in [2.75, 3.05) is 6.26 Å². The average molecular weight is 300 g/mol. The Morgan fingerprint density at radius 1 is 1.24 bits per heavy atom. The molecule has 0 aliphatic heterocycles. The zero-order valence-electron chi connectivity index (χ0n) is 12.4. The van der Waals surface area contributed by atoms with E-state index in [-0.39, 0.29) is 11.9 Å². The van der Waals surface area contributed by atoms with Crippen LogP contribution in [-0.4, -0.2) is 23.2 Å². The SMILES string of the molecule is CSc1ncccc1C(=O)N[C@@H](C)CCc1ccccc1. The number of pyridine rings is 1. The third kappa shape index (κ3) is 4.60. The first-order chi connectivity index (χ1) is 10.2. The van der Waals surface area contributed by atoms with Crippen LogP contribution in [0, 0.1) is 0 Å². The van der Waals surface area contributed by atoms with Crippen LogP contribution >= 0.6 is 11.8 Å². The quantitative estimate of drug-likeness (QED) is 0.830. The van der Waals surface area contributed by atoms with Gasteiger partial charge >= 0.3 is 0 Å². The zero-order valence-corrected chi connectivity index (χ0v) is 13.2. The van der Waals surface area contributed by atoms with E-state index in [4.69, 9.17) is 0 Å². The number of aryl methyl sites for hydroxylation is 1. The number of thioether (sulfide) groups is 1. The lowest BCUT2D eigenvalue weighted by molar-refractivity contribution is 0.0935. The summed E-state index contributed by atoms with van der Waals surface area (Å²) >= 11 is 1.49. The predicted octanol–water partition coefficient (Wildman–Crippen LogP) is 3.55. The van der Waals surface area contributed by atoms with Gasteiger partial charge in [0.1, 0.15) is 5.03 Å². The second-order valence-electron chi connectivity index (χ2n) is 4.96. The van der Waals surface area contributed by atoms with Gasteiger partial charge in [-0.1, -0.05) is 30.3 Å². The number of carbonyl (C=O) groups is 1. The molecule has 1 atom stereocenters. The molecule has 0 spiro atoms. The Hall–Kier alpha value is -1.81. The standard InChI is InChI=1S/C17H20N2OS/c1-13(10-11-14-7-4-3-5-8-14)19-16(20)15-9-6-12-18-17(15)21-2/h3-9,12-13H,10-11H2,1-2H3,(H,19,20)/t13-/m0/s1. The molecule has 2 rings (SSSR count). The average Bonchev–Trinajstić information content (AvgIpc) is 2.53. The van der Waals surface area contributed by atoms with Crippen LogP contribution in [0.4, 0.5) is 0 Å². The number of carbonyl (C=O) groups excluding carboxylic acids is 1. The van der Waals surface area contributed by atoms with Crippen molar-refractivity contribution in [2.45, 2.75) is 30.8 Å². The second kappa shape index (κ2) is 7.84. The number of nitrogens with one attached hydrogen (secondary N) is 1. The van der Waals surface area contributed by atoms with Crippen molar-refractivity contribution < 1.29 is 4.79 Å². The molecular formula is C17H20N2OS. The normalized spacial score (nSPS) is 11.9. The second-order valence-corrected chi connectivity index (χ2v) is 5.75. The molecule has 2 aromatic rings. The summed E-state index contributed by atoms with van der Waals surface area (Å²) in [6.07, 6.45) is 5.52. The third-order valence-electron chi connectivity index (χ3n) is 3.30. The van der Waals surface area contributed by atoms with Crippen molar-refractivity contribution >= 4 is 17.7 Å². The molecule has 1 aromatic heterocycles. The van der Waals surface area contributed by atoms with Crippen LogP contribution in [-0.2, 0) is 6.42 Å². The Labute approximate surface area is 130 Å². The van der Waals surface area contributed by atoms with Gasteiger partial charge in [0.2, 0.25) is 0 Å². The molecule has 0 fully saturated rings. The van der Waals surface area contributed by atoms with Crippen LogP contribution in [0.15, 0.2) is 53.7 Å². The Bertz CT molecular complexity index is 586. The molecule has 0 radical (unpaired) electrons. The fourth-order valence-corrected chi connectivity index (χ4v) is 2.67. The van der Waals surface area contributed by atoms with Gasteiger partial charge in [0, 0.05) is 12.2 Å². The van der Waals surface area contributed by atoms with Gasteiger partial charge in [-0.2, -0.15) is 0 Å². The minimum Gasteiger partial charge on any atom is -0.349 e. The lowest BCUT2D eigenvalue weighted by Crippen LogP contribution is -2.33. The van der Waals surface area contributed by atoms with Crippen molar-refractivity contribution in [1.29, 1.82) is 0 Å². The summed E-state index contributed by atoms with van der Waals surface area (Å²) in [4.78, 5) is 16.5. The maximum atomic E-state index is 12.3. The maximum absolute atomic E-state index is 12.3. The van der Waals surface area contributed by atoms with E-state index in [9.17, 15) is 4.79 Å². The summed E-state index contributed by atoms with van der Waals surface area (Å²) in [6, 6.07) is 14.1. The lowest BCUT2D eigenvalue weighted by Gasteiger charge is -2.15. The van der Waals surface area contributed by atoms with Gasteiger partial charge < -0.3 is 5.32 Å². The predicted molar refractivity (Wildman–Crippen MR) is 87.7 cm³/mol. The molecule has 0 bridgehead atoms. The van der Waals surface area contributed by atoms with Gasteiger partial charge in [-0.15, -0.1) is 11.8 Å². The van der Waals surface area contributed by atoms with E-state index in [1.807, 2.05) is 37.4 Å². The Kier molecular flexibility index (Phi) is 5.81. The van der Waals surface area contributed by atoms with E-state index < -0.39 is 0 Å².